The zero-order valence-corrected chi connectivity index (χ0v) is 9.60. The van der Waals surface area contributed by atoms with Crippen molar-refractivity contribution in [2.45, 2.75) is 20.3 Å². The van der Waals surface area contributed by atoms with Crippen LogP contribution in [0, 0.1) is 5.92 Å². The zero-order chi connectivity index (χ0) is 11.5. The Morgan fingerprint density at radius 1 is 1.25 bits per heavy atom. The number of hydrogen-bond acceptors (Lipinski definition) is 2. The first-order valence-corrected chi connectivity index (χ1v) is 5.52. The van der Waals surface area contributed by atoms with Crippen LogP contribution in [0.15, 0.2) is 41.0 Å². The lowest BCUT2D eigenvalue weighted by Gasteiger charge is -2.07. The SMILES string of the molecule is CC(C)Cc1cc(O)cc(-c2ccco2)c1. The van der Waals surface area contributed by atoms with Gasteiger partial charge in [0.2, 0.25) is 0 Å². The molecule has 1 aromatic heterocycles. The quantitative estimate of drug-likeness (QED) is 0.845. The Morgan fingerprint density at radius 3 is 2.69 bits per heavy atom. The fourth-order valence-electron chi connectivity index (χ4n) is 1.85. The van der Waals surface area contributed by atoms with E-state index in [1.54, 1.807) is 12.3 Å². The predicted octanol–water partition coefficient (Wildman–Crippen LogP) is 3.85. The van der Waals surface area contributed by atoms with E-state index in [2.05, 4.69) is 19.9 Å². The molecule has 2 rings (SSSR count). The Kier molecular flexibility index (Phi) is 3.00. The fraction of sp³-hybridized carbons (Fsp3) is 0.286. The van der Waals surface area contributed by atoms with E-state index in [0.717, 1.165) is 23.3 Å². The van der Waals surface area contributed by atoms with Crippen molar-refractivity contribution in [2.75, 3.05) is 0 Å². The van der Waals surface area contributed by atoms with Crippen LogP contribution in [0.2, 0.25) is 0 Å². The molecule has 84 valence electrons. The third-order valence-corrected chi connectivity index (χ3v) is 2.43. The van der Waals surface area contributed by atoms with Crippen molar-refractivity contribution in [1.82, 2.24) is 0 Å². The molecule has 0 aliphatic carbocycles. The Hall–Kier alpha value is -1.70. The van der Waals surface area contributed by atoms with E-state index < -0.39 is 0 Å². The molecule has 0 aliphatic heterocycles. The van der Waals surface area contributed by atoms with E-state index in [9.17, 15) is 5.11 Å². The summed E-state index contributed by atoms with van der Waals surface area (Å²) >= 11 is 0. The number of aromatic hydroxyl groups is 1. The standard InChI is InChI=1S/C14H16O2/c1-10(2)6-11-7-12(9-13(15)8-11)14-4-3-5-16-14/h3-5,7-10,15H,6H2,1-2H3. The highest BCUT2D eigenvalue weighted by Gasteiger charge is 2.06. The Labute approximate surface area is 95.5 Å². The number of phenolic OH excluding ortho intramolecular Hbond substituents is 1. The van der Waals surface area contributed by atoms with Gasteiger partial charge in [0.1, 0.15) is 11.5 Å². The molecule has 0 spiro atoms. The average molecular weight is 216 g/mol. The van der Waals surface area contributed by atoms with Crippen LogP contribution in [0.1, 0.15) is 19.4 Å². The summed E-state index contributed by atoms with van der Waals surface area (Å²) in [6.45, 7) is 4.33. The zero-order valence-electron chi connectivity index (χ0n) is 9.60. The number of hydrogen-bond donors (Lipinski definition) is 1. The second kappa shape index (κ2) is 4.44. The molecule has 0 unspecified atom stereocenters. The van der Waals surface area contributed by atoms with E-state index >= 15 is 0 Å². The molecule has 0 atom stereocenters. The van der Waals surface area contributed by atoms with E-state index in [1.165, 1.54) is 0 Å². The molecule has 0 aliphatic rings. The van der Waals surface area contributed by atoms with Crippen molar-refractivity contribution >= 4 is 0 Å². The second-order valence-electron chi connectivity index (χ2n) is 4.46. The third kappa shape index (κ3) is 2.45. The van der Waals surface area contributed by atoms with Gasteiger partial charge in [-0.25, -0.2) is 0 Å². The van der Waals surface area contributed by atoms with Crippen molar-refractivity contribution in [3.63, 3.8) is 0 Å². The van der Waals surface area contributed by atoms with Crippen LogP contribution < -0.4 is 0 Å². The molecule has 0 fully saturated rings. The predicted molar refractivity (Wildman–Crippen MR) is 64.4 cm³/mol. The molecule has 0 radical (unpaired) electrons. The average Bonchev–Trinajstić information content (AvgIpc) is 2.67. The van der Waals surface area contributed by atoms with Gasteiger partial charge in [0.25, 0.3) is 0 Å². The summed E-state index contributed by atoms with van der Waals surface area (Å²) < 4.78 is 5.32. The molecule has 0 bridgehead atoms. The minimum atomic E-state index is 0.296. The summed E-state index contributed by atoms with van der Waals surface area (Å²) in [4.78, 5) is 0. The van der Waals surface area contributed by atoms with Crippen LogP contribution in [0.25, 0.3) is 11.3 Å². The molecule has 16 heavy (non-hydrogen) atoms. The third-order valence-electron chi connectivity index (χ3n) is 2.43. The highest BCUT2D eigenvalue weighted by atomic mass is 16.3. The van der Waals surface area contributed by atoms with E-state index in [0.29, 0.717) is 11.7 Å². The molecule has 1 N–H and O–H groups in total. The van der Waals surface area contributed by atoms with Crippen molar-refractivity contribution in [1.29, 1.82) is 0 Å². The summed E-state index contributed by atoms with van der Waals surface area (Å²) in [5.74, 6) is 1.66. The number of benzene rings is 1. The molecular weight excluding hydrogens is 200 g/mol. The van der Waals surface area contributed by atoms with Gasteiger partial charge in [-0.15, -0.1) is 0 Å². The smallest absolute Gasteiger partial charge is 0.133 e. The van der Waals surface area contributed by atoms with E-state index in [1.807, 2.05) is 18.2 Å². The molecule has 2 aromatic rings. The van der Waals surface area contributed by atoms with Crippen LogP contribution in [0.5, 0.6) is 5.75 Å². The van der Waals surface area contributed by atoms with Gasteiger partial charge in [-0.1, -0.05) is 13.8 Å². The number of phenols is 1. The first kappa shape index (κ1) is 10.8. The van der Waals surface area contributed by atoms with E-state index in [4.69, 9.17) is 4.42 Å². The van der Waals surface area contributed by atoms with Crippen molar-refractivity contribution in [2.24, 2.45) is 5.92 Å². The number of rotatable bonds is 3. The maximum Gasteiger partial charge on any atom is 0.133 e. The molecular formula is C14H16O2. The lowest BCUT2D eigenvalue weighted by atomic mass is 10.00. The van der Waals surface area contributed by atoms with Gasteiger partial charge < -0.3 is 9.52 Å². The van der Waals surface area contributed by atoms with Gasteiger partial charge in [-0.3, -0.25) is 0 Å². The molecule has 0 saturated carbocycles. The van der Waals surface area contributed by atoms with Crippen LogP contribution >= 0.6 is 0 Å². The molecule has 2 heteroatoms. The molecule has 1 aromatic carbocycles. The van der Waals surface area contributed by atoms with Crippen LogP contribution in [0.3, 0.4) is 0 Å². The number of furan rings is 1. The van der Waals surface area contributed by atoms with Crippen LogP contribution in [-0.2, 0) is 6.42 Å². The summed E-state index contributed by atoms with van der Waals surface area (Å²) in [7, 11) is 0. The lowest BCUT2D eigenvalue weighted by molar-refractivity contribution is 0.473. The highest BCUT2D eigenvalue weighted by Crippen LogP contribution is 2.26. The van der Waals surface area contributed by atoms with E-state index in [-0.39, 0.29) is 0 Å². The molecule has 0 amide bonds. The second-order valence-corrected chi connectivity index (χ2v) is 4.46. The minimum absolute atomic E-state index is 0.296. The van der Waals surface area contributed by atoms with Crippen LogP contribution in [0.4, 0.5) is 0 Å². The topological polar surface area (TPSA) is 33.4 Å². The summed E-state index contributed by atoms with van der Waals surface area (Å²) in [6.07, 6.45) is 2.60. The lowest BCUT2D eigenvalue weighted by Crippen LogP contribution is -1.94. The molecule has 1 heterocycles. The monoisotopic (exact) mass is 216 g/mol. The fourth-order valence-corrected chi connectivity index (χ4v) is 1.85. The summed E-state index contributed by atoms with van der Waals surface area (Å²) in [5, 5.41) is 9.66. The first-order valence-electron chi connectivity index (χ1n) is 5.52. The molecule has 0 saturated heterocycles. The maximum absolute atomic E-state index is 9.66. The first-order chi connectivity index (χ1) is 7.65. The Balaban J connectivity index is 2.36. The maximum atomic E-state index is 9.66. The van der Waals surface area contributed by atoms with Gasteiger partial charge in [-0.2, -0.15) is 0 Å². The normalized spacial score (nSPS) is 10.9. The Bertz CT molecular complexity index is 456. The van der Waals surface area contributed by atoms with Gasteiger partial charge in [0, 0.05) is 5.56 Å². The van der Waals surface area contributed by atoms with Crippen molar-refractivity contribution in [3.05, 3.63) is 42.2 Å². The minimum Gasteiger partial charge on any atom is -0.508 e. The van der Waals surface area contributed by atoms with Gasteiger partial charge in [0.15, 0.2) is 0 Å². The van der Waals surface area contributed by atoms with Gasteiger partial charge in [-0.05, 0) is 48.2 Å². The van der Waals surface area contributed by atoms with Gasteiger partial charge in [0.05, 0.1) is 6.26 Å². The van der Waals surface area contributed by atoms with Gasteiger partial charge >= 0.3 is 0 Å². The highest BCUT2D eigenvalue weighted by molar-refractivity contribution is 5.60. The van der Waals surface area contributed by atoms with Crippen molar-refractivity contribution in [3.8, 4) is 17.1 Å². The summed E-state index contributed by atoms with van der Waals surface area (Å²) in [6, 6.07) is 9.35. The largest absolute Gasteiger partial charge is 0.508 e. The Morgan fingerprint density at radius 2 is 2.06 bits per heavy atom. The van der Waals surface area contributed by atoms with Crippen LogP contribution in [-0.4, -0.2) is 5.11 Å². The van der Waals surface area contributed by atoms with Crippen molar-refractivity contribution < 1.29 is 9.52 Å². The molecule has 2 nitrogen and oxygen atoms in total. The summed E-state index contributed by atoms with van der Waals surface area (Å²) in [5.41, 5.74) is 2.07.